The van der Waals surface area contributed by atoms with Crippen LogP contribution in [-0.4, -0.2) is 99.3 Å². The number of aliphatic hydroxyl groups excluding tert-OH is 4. The number of carboxylic acids is 1. The van der Waals surface area contributed by atoms with E-state index in [1.165, 1.54) is 7.11 Å². The highest BCUT2D eigenvalue weighted by molar-refractivity contribution is 5.87. The number of aliphatic hydroxyl groups is 4. The zero-order valence-corrected chi connectivity index (χ0v) is 18.8. The van der Waals surface area contributed by atoms with Gasteiger partial charge in [0.25, 0.3) is 0 Å². The van der Waals surface area contributed by atoms with Gasteiger partial charge >= 0.3 is 11.9 Å². The maximum atomic E-state index is 12.2. The molecule has 33 heavy (non-hydrogen) atoms. The number of ether oxygens (including phenoxy) is 1. The lowest BCUT2D eigenvalue weighted by molar-refractivity contribution is -0.165. The number of carbonyl (C=O) groups excluding carboxylic acids is 3. The Hall–Kier alpha value is -2.16. The van der Waals surface area contributed by atoms with Crippen molar-refractivity contribution in [2.45, 2.75) is 87.9 Å². The summed E-state index contributed by atoms with van der Waals surface area (Å²) in [6.45, 7) is 0.463. The fraction of sp³-hybridized carbons (Fsp3) is 0.800. The third-order valence-electron chi connectivity index (χ3n) is 5.10. The zero-order chi connectivity index (χ0) is 25.6. The first-order valence-corrected chi connectivity index (χ1v) is 10.8. The second-order valence-corrected chi connectivity index (χ2v) is 7.75. The number of carbonyl (C=O) groups is 4. The molecule has 0 aromatic heterocycles. The van der Waals surface area contributed by atoms with E-state index >= 15 is 0 Å². The molecule has 1 unspecified atom stereocenters. The van der Waals surface area contributed by atoms with Gasteiger partial charge in [0.15, 0.2) is 11.9 Å². The molecule has 1 amide bonds. The number of hydrogen-bond donors (Lipinski definition) is 8. The Morgan fingerprint density at radius 2 is 1.45 bits per heavy atom. The third-order valence-corrected chi connectivity index (χ3v) is 5.10. The van der Waals surface area contributed by atoms with Crippen LogP contribution in [0.15, 0.2) is 0 Å². The smallest absolute Gasteiger partial charge is 0.335 e. The predicted molar refractivity (Wildman–Crippen MR) is 115 cm³/mol. The predicted octanol–water partition coefficient (Wildman–Crippen LogP) is -2.85. The fourth-order valence-corrected chi connectivity index (χ4v) is 2.99. The minimum Gasteiger partial charge on any atom is -0.479 e. The maximum Gasteiger partial charge on any atom is 0.335 e. The van der Waals surface area contributed by atoms with E-state index in [-0.39, 0.29) is 19.3 Å². The van der Waals surface area contributed by atoms with Crippen molar-refractivity contribution in [3.63, 3.8) is 0 Å². The van der Waals surface area contributed by atoms with Gasteiger partial charge in [-0.25, -0.2) is 9.59 Å². The van der Waals surface area contributed by atoms with Crippen LogP contribution in [0, 0.1) is 0 Å². The largest absolute Gasteiger partial charge is 0.479 e. The first-order valence-electron chi connectivity index (χ1n) is 10.8. The number of methoxy groups -OCH3 is 1. The van der Waals surface area contributed by atoms with E-state index in [2.05, 4.69) is 10.1 Å². The van der Waals surface area contributed by atoms with Crippen molar-refractivity contribution < 1.29 is 49.4 Å². The van der Waals surface area contributed by atoms with E-state index in [0.717, 1.165) is 0 Å². The van der Waals surface area contributed by atoms with Crippen molar-refractivity contribution in [1.82, 2.24) is 5.32 Å². The van der Waals surface area contributed by atoms with Crippen LogP contribution in [0.25, 0.3) is 0 Å². The van der Waals surface area contributed by atoms with Gasteiger partial charge in [0.05, 0.1) is 13.2 Å². The van der Waals surface area contributed by atoms with E-state index in [9.17, 15) is 39.6 Å². The SMILES string of the molecule is COC(=O)C(CCCCN)NC(=O)[C@@H](N)CCCCCC(=O)[C@H](O)[C@@H](O)[C@@H](O)[C@H](O)C(=O)O. The molecule has 13 nitrogen and oxygen atoms in total. The summed E-state index contributed by atoms with van der Waals surface area (Å²) in [5.41, 5.74) is 11.3. The lowest BCUT2D eigenvalue weighted by Crippen LogP contribution is -2.50. The molecular formula is C20H37N3O10. The van der Waals surface area contributed by atoms with Crippen LogP contribution in [0.3, 0.4) is 0 Å². The Kier molecular flexibility index (Phi) is 15.4. The first-order chi connectivity index (χ1) is 15.5. The van der Waals surface area contributed by atoms with E-state index < -0.39 is 60.1 Å². The van der Waals surface area contributed by atoms with Gasteiger partial charge in [-0.2, -0.15) is 0 Å². The lowest BCUT2D eigenvalue weighted by Gasteiger charge is -2.23. The summed E-state index contributed by atoms with van der Waals surface area (Å²) in [4.78, 5) is 46.6. The standard InChI is InChI=1S/C20H37N3O10/c1-33-20(32)12(8-5-6-10-21)23-18(29)11(22)7-3-2-4-9-13(24)14(25)15(26)16(27)17(28)19(30)31/h11-12,14-17,25-28H,2-10,21-22H2,1H3,(H,23,29)(H,30,31)/t11-,12?,14-,15+,16+,17-/m0/s1. The molecule has 0 heterocycles. The highest BCUT2D eigenvalue weighted by Crippen LogP contribution is 2.12. The molecule has 0 aromatic carbocycles. The van der Waals surface area contributed by atoms with Gasteiger partial charge in [-0.1, -0.05) is 12.8 Å². The minimum absolute atomic E-state index is 0.179. The van der Waals surface area contributed by atoms with Gasteiger partial charge in [-0.15, -0.1) is 0 Å². The van der Waals surface area contributed by atoms with Gasteiger partial charge in [-0.3, -0.25) is 9.59 Å². The normalized spacial score (nSPS) is 16.7. The summed E-state index contributed by atoms with van der Waals surface area (Å²) in [7, 11) is 1.22. The van der Waals surface area contributed by atoms with Gasteiger partial charge in [0.1, 0.15) is 24.4 Å². The van der Waals surface area contributed by atoms with Crippen molar-refractivity contribution >= 4 is 23.6 Å². The molecule has 0 spiro atoms. The van der Waals surface area contributed by atoms with Crippen LogP contribution >= 0.6 is 0 Å². The number of carboxylic acid groups (broad SMARTS) is 1. The molecule has 0 aliphatic rings. The average Bonchev–Trinajstić information content (AvgIpc) is 2.80. The van der Waals surface area contributed by atoms with Gasteiger partial charge < -0.3 is 47.1 Å². The molecule has 0 fully saturated rings. The molecule has 0 radical (unpaired) electrons. The number of aliphatic carboxylic acids is 1. The van der Waals surface area contributed by atoms with E-state index in [0.29, 0.717) is 38.6 Å². The van der Waals surface area contributed by atoms with Crippen molar-refractivity contribution in [3.8, 4) is 0 Å². The van der Waals surface area contributed by atoms with E-state index in [1.54, 1.807) is 0 Å². The lowest BCUT2D eigenvalue weighted by atomic mass is 9.97. The summed E-state index contributed by atoms with van der Waals surface area (Å²) in [5.74, 6) is -3.74. The van der Waals surface area contributed by atoms with Crippen LogP contribution in [0.2, 0.25) is 0 Å². The number of rotatable bonds is 18. The number of unbranched alkanes of at least 4 members (excludes halogenated alkanes) is 3. The highest BCUT2D eigenvalue weighted by atomic mass is 16.5. The Morgan fingerprint density at radius 3 is 2.00 bits per heavy atom. The van der Waals surface area contributed by atoms with Gasteiger partial charge in [0.2, 0.25) is 5.91 Å². The van der Waals surface area contributed by atoms with E-state index in [4.69, 9.17) is 16.6 Å². The molecule has 0 aliphatic carbocycles. The van der Waals surface area contributed by atoms with Crippen LogP contribution < -0.4 is 16.8 Å². The van der Waals surface area contributed by atoms with Crippen molar-refractivity contribution in [1.29, 1.82) is 0 Å². The number of ketones is 1. The summed E-state index contributed by atoms with van der Waals surface area (Å²) >= 11 is 0. The third kappa shape index (κ3) is 11.5. The molecular weight excluding hydrogens is 442 g/mol. The second-order valence-electron chi connectivity index (χ2n) is 7.75. The zero-order valence-electron chi connectivity index (χ0n) is 18.8. The molecule has 0 bridgehead atoms. The van der Waals surface area contributed by atoms with E-state index in [1.807, 2.05) is 0 Å². The van der Waals surface area contributed by atoms with Crippen LogP contribution in [0.1, 0.15) is 51.4 Å². The molecule has 0 aromatic rings. The minimum atomic E-state index is -2.35. The monoisotopic (exact) mass is 479 g/mol. The summed E-state index contributed by atoms with van der Waals surface area (Å²) in [5, 5.41) is 49.2. The topological polar surface area (TPSA) is 243 Å². The Labute approximate surface area is 192 Å². The highest BCUT2D eigenvalue weighted by Gasteiger charge is 2.36. The molecule has 0 rings (SSSR count). The maximum absolute atomic E-state index is 12.2. The molecule has 0 aliphatic heterocycles. The molecule has 192 valence electrons. The quantitative estimate of drug-likeness (QED) is 0.0731. The summed E-state index contributed by atoms with van der Waals surface area (Å²) in [6, 6.07) is -1.71. The Bertz CT molecular complexity index is 633. The van der Waals surface area contributed by atoms with Gasteiger partial charge in [-0.05, 0) is 38.6 Å². The van der Waals surface area contributed by atoms with Crippen LogP contribution in [0.5, 0.6) is 0 Å². The van der Waals surface area contributed by atoms with Crippen LogP contribution in [-0.2, 0) is 23.9 Å². The number of nitrogens with two attached hydrogens (primary N) is 2. The van der Waals surface area contributed by atoms with Crippen molar-refractivity contribution in [2.75, 3.05) is 13.7 Å². The van der Waals surface area contributed by atoms with Crippen molar-refractivity contribution in [2.24, 2.45) is 11.5 Å². The Balaban J connectivity index is 4.36. The number of Topliss-reactive ketones (excluding diaryl/α,β-unsaturated/α-hetero) is 1. The number of amides is 1. The molecule has 6 atom stereocenters. The number of nitrogens with one attached hydrogen (secondary N) is 1. The average molecular weight is 480 g/mol. The summed E-state index contributed by atoms with van der Waals surface area (Å²) in [6.07, 6.45) is -5.83. The number of esters is 1. The molecule has 10 N–H and O–H groups in total. The van der Waals surface area contributed by atoms with Crippen molar-refractivity contribution in [3.05, 3.63) is 0 Å². The molecule has 0 saturated heterocycles. The Morgan fingerprint density at radius 1 is 0.879 bits per heavy atom. The first kappa shape index (κ1) is 30.8. The molecule has 0 saturated carbocycles. The molecule has 13 heteroatoms. The van der Waals surface area contributed by atoms with Crippen LogP contribution in [0.4, 0.5) is 0 Å². The van der Waals surface area contributed by atoms with Gasteiger partial charge in [0, 0.05) is 6.42 Å². The fourth-order valence-electron chi connectivity index (χ4n) is 2.99. The number of hydrogen-bond acceptors (Lipinski definition) is 11. The summed E-state index contributed by atoms with van der Waals surface area (Å²) < 4.78 is 4.68. The second kappa shape index (κ2) is 16.5.